The number of halogens is 3. The monoisotopic (exact) mass is 424 g/mol. The van der Waals surface area contributed by atoms with Crippen molar-refractivity contribution in [2.45, 2.75) is 11.1 Å². The number of esters is 1. The quantitative estimate of drug-likeness (QED) is 0.761. The van der Waals surface area contributed by atoms with E-state index in [1.54, 1.807) is 12.2 Å². The van der Waals surface area contributed by atoms with Crippen molar-refractivity contribution in [3.05, 3.63) is 71.6 Å². The summed E-state index contributed by atoms with van der Waals surface area (Å²) >= 11 is 0. The molecule has 1 aromatic carbocycles. The zero-order valence-corrected chi connectivity index (χ0v) is 15.8. The van der Waals surface area contributed by atoms with Crippen LogP contribution in [0.4, 0.5) is 13.2 Å². The number of aromatic nitrogens is 1. The van der Waals surface area contributed by atoms with E-state index in [1.807, 2.05) is 0 Å². The fraction of sp³-hybridized carbons (Fsp3) is 0.158. The largest absolute Gasteiger partial charge is 0.468 e. The number of ether oxygens (including phenoxy) is 1. The van der Waals surface area contributed by atoms with Crippen molar-refractivity contribution in [3.63, 3.8) is 0 Å². The standard InChI is InChI=1S/C19H15F3N2O4S/c1-28-18(25)13-8-15(11-2-5-14(6-3-11)29(23,26)27)16(9-13)12-4-7-17(24-10-12)19(20,21)22/h2-10,13H,1H3,(H2,23,26,27). The van der Waals surface area contributed by atoms with Gasteiger partial charge in [-0.3, -0.25) is 9.78 Å². The molecule has 10 heteroatoms. The molecule has 0 radical (unpaired) electrons. The number of sulfonamides is 1. The van der Waals surface area contributed by atoms with Crippen LogP contribution in [0.1, 0.15) is 16.8 Å². The average Bonchev–Trinajstić information content (AvgIpc) is 3.11. The van der Waals surface area contributed by atoms with E-state index in [0.717, 1.165) is 12.3 Å². The van der Waals surface area contributed by atoms with Crippen LogP contribution < -0.4 is 5.14 Å². The van der Waals surface area contributed by atoms with E-state index in [-0.39, 0.29) is 4.90 Å². The van der Waals surface area contributed by atoms with Crippen molar-refractivity contribution in [2.24, 2.45) is 11.1 Å². The summed E-state index contributed by atoms with van der Waals surface area (Å²) < 4.78 is 65.9. The molecule has 2 N–H and O–H groups in total. The van der Waals surface area contributed by atoms with Crippen LogP contribution in [0, 0.1) is 5.92 Å². The Labute approximate surface area is 164 Å². The molecule has 2 aromatic rings. The highest BCUT2D eigenvalue weighted by atomic mass is 32.2. The number of benzene rings is 1. The predicted octanol–water partition coefficient (Wildman–Crippen LogP) is 3.02. The molecule has 0 aliphatic heterocycles. The van der Waals surface area contributed by atoms with Crippen LogP contribution in [0.15, 0.2) is 59.6 Å². The number of methoxy groups -OCH3 is 1. The second kappa shape index (κ2) is 7.45. The molecule has 0 bridgehead atoms. The maximum atomic E-state index is 12.8. The molecule has 0 saturated heterocycles. The fourth-order valence-corrected chi connectivity index (χ4v) is 3.42. The lowest BCUT2D eigenvalue weighted by Gasteiger charge is -2.11. The summed E-state index contributed by atoms with van der Waals surface area (Å²) in [6.07, 6.45) is -0.357. The number of rotatable bonds is 4. The maximum absolute atomic E-state index is 12.8. The van der Waals surface area contributed by atoms with Crippen molar-refractivity contribution >= 4 is 27.1 Å². The molecule has 29 heavy (non-hydrogen) atoms. The molecule has 1 heterocycles. The molecule has 1 unspecified atom stereocenters. The number of carbonyl (C=O) groups excluding carboxylic acids is 1. The Morgan fingerprint density at radius 3 is 2.03 bits per heavy atom. The minimum Gasteiger partial charge on any atom is -0.468 e. The van der Waals surface area contributed by atoms with Crippen LogP contribution in [-0.2, 0) is 25.7 Å². The molecule has 0 spiro atoms. The molecule has 1 aliphatic carbocycles. The van der Waals surface area contributed by atoms with Gasteiger partial charge in [0.25, 0.3) is 0 Å². The van der Waals surface area contributed by atoms with Gasteiger partial charge in [0.15, 0.2) is 0 Å². The highest BCUT2D eigenvalue weighted by Crippen LogP contribution is 2.39. The third-order valence-corrected chi connectivity index (χ3v) is 5.24. The molecule has 152 valence electrons. The Bertz CT molecular complexity index is 1100. The third-order valence-electron chi connectivity index (χ3n) is 4.31. The number of carbonyl (C=O) groups is 1. The SMILES string of the molecule is COC(=O)C1C=C(c2ccc(S(N)(=O)=O)cc2)C(c2ccc(C(F)(F)F)nc2)=C1. The third kappa shape index (κ3) is 4.38. The van der Waals surface area contributed by atoms with Crippen molar-refractivity contribution in [3.8, 4) is 0 Å². The molecular formula is C19H15F3N2O4S. The number of hydrogen-bond acceptors (Lipinski definition) is 5. The van der Waals surface area contributed by atoms with E-state index < -0.39 is 33.8 Å². The van der Waals surface area contributed by atoms with Crippen LogP contribution >= 0.6 is 0 Å². The number of pyridine rings is 1. The van der Waals surface area contributed by atoms with Gasteiger partial charge in [-0.1, -0.05) is 30.4 Å². The van der Waals surface area contributed by atoms with Gasteiger partial charge in [0, 0.05) is 11.8 Å². The number of nitrogens with two attached hydrogens (primary N) is 1. The Hall–Kier alpha value is -2.98. The topological polar surface area (TPSA) is 99.4 Å². The fourth-order valence-electron chi connectivity index (χ4n) is 2.91. The van der Waals surface area contributed by atoms with Gasteiger partial charge in [0.2, 0.25) is 10.0 Å². The van der Waals surface area contributed by atoms with Crippen molar-refractivity contribution in [1.29, 1.82) is 0 Å². The minimum atomic E-state index is -4.57. The molecule has 3 rings (SSSR count). The predicted molar refractivity (Wildman–Crippen MR) is 98.5 cm³/mol. The van der Waals surface area contributed by atoms with Gasteiger partial charge < -0.3 is 4.74 Å². The number of hydrogen-bond donors (Lipinski definition) is 1. The zero-order chi connectivity index (χ0) is 21.4. The lowest BCUT2D eigenvalue weighted by Crippen LogP contribution is -2.11. The minimum absolute atomic E-state index is 0.0916. The van der Waals surface area contributed by atoms with Crippen LogP contribution in [0.3, 0.4) is 0 Å². The summed E-state index contributed by atoms with van der Waals surface area (Å²) in [7, 11) is -2.66. The number of nitrogens with zero attached hydrogens (tertiary/aromatic N) is 1. The van der Waals surface area contributed by atoms with E-state index in [4.69, 9.17) is 9.88 Å². The molecule has 0 amide bonds. The molecule has 6 nitrogen and oxygen atoms in total. The Morgan fingerprint density at radius 2 is 1.59 bits per heavy atom. The lowest BCUT2D eigenvalue weighted by atomic mass is 9.96. The van der Waals surface area contributed by atoms with E-state index in [0.29, 0.717) is 22.3 Å². The van der Waals surface area contributed by atoms with Gasteiger partial charge >= 0.3 is 12.1 Å². The first-order valence-corrected chi connectivity index (χ1v) is 9.74. The second-order valence-corrected chi connectivity index (χ2v) is 7.77. The molecule has 1 aliphatic rings. The van der Waals surface area contributed by atoms with E-state index in [9.17, 15) is 26.4 Å². The molecule has 0 saturated carbocycles. The first-order valence-electron chi connectivity index (χ1n) is 8.19. The Kier molecular flexibility index (Phi) is 5.33. The van der Waals surface area contributed by atoms with Gasteiger partial charge in [-0.15, -0.1) is 0 Å². The first kappa shape index (κ1) is 20.7. The number of primary sulfonamides is 1. The Morgan fingerprint density at radius 1 is 1.03 bits per heavy atom. The number of allylic oxidation sites excluding steroid dienone is 2. The summed E-state index contributed by atoms with van der Waals surface area (Å²) in [6.45, 7) is 0. The summed E-state index contributed by atoms with van der Waals surface area (Å²) in [5.41, 5.74) is 0.890. The van der Waals surface area contributed by atoms with Crippen molar-refractivity contribution in [2.75, 3.05) is 7.11 Å². The van der Waals surface area contributed by atoms with E-state index in [1.165, 1.54) is 37.4 Å². The van der Waals surface area contributed by atoms with Gasteiger partial charge in [-0.2, -0.15) is 13.2 Å². The summed E-state index contributed by atoms with van der Waals surface area (Å²) in [6, 6.07) is 7.71. The van der Waals surface area contributed by atoms with Gasteiger partial charge in [-0.05, 0) is 34.9 Å². The highest BCUT2D eigenvalue weighted by molar-refractivity contribution is 7.89. The van der Waals surface area contributed by atoms with Crippen molar-refractivity contribution < 1.29 is 31.1 Å². The zero-order valence-electron chi connectivity index (χ0n) is 15.0. The van der Waals surface area contributed by atoms with E-state index in [2.05, 4.69) is 4.98 Å². The molecule has 0 fully saturated rings. The first-order chi connectivity index (χ1) is 13.5. The van der Waals surface area contributed by atoms with Crippen LogP contribution in [0.5, 0.6) is 0 Å². The van der Waals surface area contributed by atoms with Crippen LogP contribution in [0.2, 0.25) is 0 Å². The normalized spacial score (nSPS) is 16.9. The maximum Gasteiger partial charge on any atom is 0.433 e. The summed E-state index contributed by atoms with van der Waals surface area (Å²) in [5, 5.41) is 5.09. The second-order valence-electron chi connectivity index (χ2n) is 6.21. The molecule has 1 atom stereocenters. The summed E-state index contributed by atoms with van der Waals surface area (Å²) in [4.78, 5) is 15.3. The lowest BCUT2D eigenvalue weighted by molar-refractivity contribution is -0.142. The molecule has 1 aromatic heterocycles. The summed E-state index contributed by atoms with van der Waals surface area (Å²) in [5.74, 6) is -1.29. The smallest absolute Gasteiger partial charge is 0.433 e. The van der Waals surface area contributed by atoms with Gasteiger partial charge in [-0.25, -0.2) is 13.6 Å². The highest BCUT2D eigenvalue weighted by Gasteiger charge is 2.33. The number of alkyl halides is 3. The Balaban J connectivity index is 2.04. The van der Waals surface area contributed by atoms with Crippen LogP contribution in [-0.4, -0.2) is 26.5 Å². The van der Waals surface area contributed by atoms with Gasteiger partial charge in [0.05, 0.1) is 17.9 Å². The van der Waals surface area contributed by atoms with Crippen LogP contribution in [0.25, 0.3) is 11.1 Å². The van der Waals surface area contributed by atoms with E-state index >= 15 is 0 Å². The molecular weight excluding hydrogens is 409 g/mol. The van der Waals surface area contributed by atoms with Crippen molar-refractivity contribution in [1.82, 2.24) is 4.98 Å². The van der Waals surface area contributed by atoms with Gasteiger partial charge in [0.1, 0.15) is 5.69 Å². The average molecular weight is 424 g/mol.